The van der Waals surface area contributed by atoms with Crippen LogP contribution in [0.2, 0.25) is 0 Å². The molecule has 0 bridgehead atoms. The van der Waals surface area contributed by atoms with E-state index in [-0.39, 0.29) is 5.69 Å². The van der Waals surface area contributed by atoms with Crippen LogP contribution in [0.3, 0.4) is 0 Å². The van der Waals surface area contributed by atoms with Gasteiger partial charge in [0, 0.05) is 18.8 Å². The van der Waals surface area contributed by atoms with Crippen molar-refractivity contribution in [2.75, 3.05) is 31.5 Å². The minimum absolute atomic E-state index is 0.155. The predicted molar refractivity (Wildman–Crippen MR) is 72.3 cm³/mol. The monoisotopic (exact) mass is 274 g/mol. The molecule has 1 N–H and O–H groups in total. The van der Waals surface area contributed by atoms with Crippen molar-refractivity contribution >= 4 is 5.69 Å². The first kappa shape index (κ1) is 15.8. The summed E-state index contributed by atoms with van der Waals surface area (Å²) in [4.78, 5) is 2.21. The Morgan fingerprint density at radius 1 is 1.11 bits per heavy atom. The van der Waals surface area contributed by atoms with Crippen LogP contribution >= 0.6 is 0 Å². The van der Waals surface area contributed by atoms with Gasteiger partial charge in [0.1, 0.15) is 0 Å². The Bertz CT molecular complexity index is 377. The fraction of sp³-hybridized carbons (Fsp3) is 0.571. The maximum atomic E-state index is 12.8. The second-order valence-electron chi connectivity index (χ2n) is 4.40. The average molecular weight is 274 g/mol. The van der Waals surface area contributed by atoms with Gasteiger partial charge >= 0.3 is 6.18 Å². The van der Waals surface area contributed by atoms with Gasteiger partial charge in [-0.25, -0.2) is 0 Å². The van der Waals surface area contributed by atoms with Crippen LogP contribution in [0.15, 0.2) is 24.3 Å². The molecule has 0 spiro atoms. The SMILES string of the molecule is CCCN(CC)CCNc1ccccc1C(F)(F)F. The van der Waals surface area contributed by atoms with Gasteiger partial charge in [0.15, 0.2) is 0 Å². The van der Waals surface area contributed by atoms with Crippen LogP contribution in [-0.4, -0.2) is 31.1 Å². The molecule has 0 saturated heterocycles. The molecule has 0 unspecified atom stereocenters. The van der Waals surface area contributed by atoms with E-state index in [0.717, 1.165) is 32.1 Å². The maximum Gasteiger partial charge on any atom is 0.418 e. The molecule has 5 heteroatoms. The third-order valence-electron chi connectivity index (χ3n) is 2.96. The van der Waals surface area contributed by atoms with Crippen LogP contribution in [-0.2, 0) is 6.18 Å². The summed E-state index contributed by atoms with van der Waals surface area (Å²) in [7, 11) is 0. The molecule has 0 atom stereocenters. The van der Waals surface area contributed by atoms with E-state index in [1.165, 1.54) is 12.1 Å². The summed E-state index contributed by atoms with van der Waals surface area (Å²) in [6.45, 7) is 7.29. The second kappa shape index (κ2) is 7.38. The number of benzene rings is 1. The van der Waals surface area contributed by atoms with Crippen LogP contribution < -0.4 is 5.32 Å². The van der Waals surface area contributed by atoms with E-state index < -0.39 is 11.7 Å². The topological polar surface area (TPSA) is 15.3 Å². The Morgan fingerprint density at radius 2 is 1.79 bits per heavy atom. The van der Waals surface area contributed by atoms with Gasteiger partial charge in [-0.3, -0.25) is 0 Å². The number of anilines is 1. The predicted octanol–water partition coefficient (Wildman–Crippen LogP) is 3.85. The minimum Gasteiger partial charge on any atom is -0.383 e. The zero-order chi connectivity index (χ0) is 14.3. The second-order valence-corrected chi connectivity index (χ2v) is 4.40. The van der Waals surface area contributed by atoms with Gasteiger partial charge in [0.05, 0.1) is 5.56 Å². The Balaban J connectivity index is 2.58. The number of hydrogen-bond donors (Lipinski definition) is 1. The lowest BCUT2D eigenvalue weighted by molar-refractivity contribution is -0.136. The lowest BCUT2D eigenvalue weighted by Crippen LogP contribution is -2.30. The summed E-state index contributed by atoms with van der Waals surface area (Å²) in [5, 5.41) is 2.88. The summed E-state index contributed by atoms with van der Waals surface area (Å²) < 4.78 is 38.3. The van der Waals surface area contributed by atoms with Crippen LogP contribution in [0.1, 0.15) is 25.8 Å². The molecule has 0 radical (unpaired) electrons. The number of nitrogens with zero attached hydrogens (tertiary/aromatic N) is 1. The zero-order valence-corrected chi connectivity index (χ0v) is 11.4. The molecule has 0 heterocycles. The molecule has 0 amide bonds. The number of likely N-dealkylation sites (N-methyl/N-ethyl adjacent to an activating group) is 1. The molecule has 0 aliphatic heterocycles. The van der Waals surface area contributed by atoms with Crippen molar-refractivity contribution in [2.45, 2.75) is 26.4 Å². The van der Waals surface area contributed by atoms with Crippen molar-refractivity contribution < 1.29 is 13.2 Å². The lowest BCUT2D eigenvalue weighted by Gasteiger charge is -2.21. The van der Waals surface area contributed by atoms with Crippen LogP contribution in [0.4, 0.5) is 18.9 Å². The Hall–Kier alpha value is -1.23. The fourth-order valence-corrected chi connectivity index (χ4v) is 1.98. The van der Waals surface area contributed by atoms with Gasteiger partial charge in [-0.2, -0.15) is 13.2 Å². The molecular weight excluding hydrogens is 253 g/mol. The first-order valence-electron chi connectivity index (χ1n) is 6.61. The first-order valence-corrected chi connectivity index (χ1v) is 6.61. The highest BCUT2D eigenvalue weighted by Crippen LogP contribution is 2.34. The molecule has 1 rings (SSSR count). The average Bonchev–Trinajstić information content (AvgIpc) is 2.37. The van der Waals surface area contributed by atoms with Crippen molar-refractivity contribution in [3.8, 4) is 0 Å². The molecule has 1 aromatic rings. The molecule has 0 aromatic heterocycles. The third-order valence-corrected chi connectivity index (χ3v) is 2.96. The van der Waals surface area contributed by atoms with Gasteiger partial charge in [-0.05, 0) is 31.6 Å². The van der Waals surface area contributed by atoms with Crippen molar-refractivity contribution in [1.82, 2.24) is 4.90 Å². The number of rotatable bonds is 7. The van der Waals surface area contributed by atoms with E-state index in [9.17, 15) is 13.2 Å². The summed E-state index contributed by atoms with van der Waals surface area (Å²) in [6.07, 6.45) is -3.26. The van der Waals surface area contributed by atoms with Crippen molar-refractivity contribution in [2.24, 2.45) is 0 Å². The number of nitrogens with one attached hydrogen (secondary N) is 1. The summed E-state index contributed by atoms with van der Waals surface area (Å²) in [5.74, 6) is 0. The molecular formula is C14H21F3N2. The Morgan fingerprint density at radius 3 is 2.37 bits per heavy atom. The van der Waals surface area contributed by atoms with E-state index in [2.05, 4.69) is 24.1 Å². The number of halogens is 3. The molecule has 108 valence electrons. The van der Waals surface area contributed by atoms with E-state index in [0.29, 0.717) is 6.54 Å². The van der Waals surface area contributed by atoms with E-state index >= 15 is 0 Å². The summed E-state index contributed by atoms with van der Waals surface area (Å²) >= 11 is 0. The quantitative estimate of drug-likeness (QED) is 0.812. The van der Waals surface area contributed by atoms with Gasteiger partial charge in [-0.1, -0.05) is 26.0 Å². The molecule has 0 aliphatic rings. The Kier molecular flexibility index (Phi) is 6.15. The van der Waals surface area contributed by atoms with Crippen molar-refractivity contribution in [3.05, 3.63) is 29.8 Å². The molecule has 19 heavy (non-hydrogen) atoms. The number of hydrogen-bond acceptors (Lipinski definition) is 2. The van der Waals surface area contributed by atoms with E-state index in [4.69, 9.17) is 0 Å². The van der Waals surface area contributed by atoms with Crippen LogP contribution in [0, 0.1) is 0 Å². The normalized spacial score (nSPS) is 11.9. The van der Waals surface area contributed by atoms with E-state index in [1.807, 2.05) is 0 Å². The smallest absolute Gasteiger partial charge is 0.383 e. The molecule has 0 fully saturated rings. The highest BCUT2D eigenvalue weighted by molar-refractivity contribution is 5.52. The lowest BCUT2D eigenvalue weighted by atomic mass is 10.1. The number of alkyl halides is 3. The van der Waals surface area contributed by atoms with Gasteiger partial charge < -0.3 is 10.2 Å². The summed E-state index contributed by atoms with van der Waals surface area (Å²) in [5.41, 5.74) is -0.448. The fourth-order valence-electron chi connectivity index (χ4n) is 1.98. The molecule has 0 aliphatic carbocycles. The molecule has 2 nitrogen and oxygen atoms in total. The van der Waals surface area contributed by atoms with E-state index in [1.54, 1.807) is 6.07 Å². The Labute approximate surface area is 112 Å². The number of para-hydroxylation sites is 1. The highest BCUT2D eigenvalue weighted by Gasteiger charge is 2.32. The van der Waals surface area contributed by atoms with Crippen LogP contribution in [0.25, 0.3) is 0 Å². The van der Waals surface area contributed by atoms with Gasteiger partial charge in [-0.15, -0.1) is 0 Å². The largest absolute Gasteiger partial charge is 0.418 e. The highest BCUT2D eigenvalue weighted by atomic mass is 19.4. The van der Waals surface area contributed by atoms with Gasteiger partial charge in [0.25, 0.3) is 0 Å². The van der Waals surface area contributed by atoms with Gasteiger partial charge in [0.2, 0.25) is 0 Å². The van der Waals surface area contributed by atoms with Crippen molar-refractivity contribution in [1.29, 1.82) is 0 Å². The first-order chi connectivity index (χ1) is 8.99. The van der Waals surface area contributed by atoms with Crippen LogP contribution in [0.5, 0.6) is 0 Å². The minimum atomic E-state index is -4.31. The van der Waals surface area contributed by atoms with Crippen molar-refractivity contribution in [3.63, 3.8) is 0 Å². The standard InChI is InChI=1S/C14H21F3N2/c1-3-10-19(4-2)11-9-18-13-8-6-5-7-12(13)14(15,16)17/h5-8,18H,3-4,9-11H2,1-2H3. The zero-order valence-electron chi connectivity index (χ0n) is 11.4. The summed E-state index contributed by atoms with van der Waals surface area (Å²) in [6, 6.07) is 5.59. The maximum absolute atomic E-state index is 12.8. The molecule has 1 aromatic carbocycles. The molecule has 0 saturated carbocycles. The third kappa shape index (κ3) is 5.11.